The van der Waals surface area contributed by atoms with Crippen LogP contribution < -0.4 is 5.43 Å². The monoisotopic (exact) mass is 584 g/mol. The number of hydrogen-bond donors (Lipinski definition) is 3. The number of aryl methyl sites for hydroxylation is 1. The number of carboxylic acids is 2. The Morgan fingerprint density at radius 3 is 1.93 bits per heavy atom. The Labute approximate surface area is 248 Å². The number of phenolic OH excluding ortho intramolecular Hbond substituents is 1. The molecule has 214 valence electrons. The summed E-state index contributed by atoms with van der Waals surface area (Å²) in [6.45, 7) is 2.02. The maximum atomic E-state index is 14.8. The third-order valence-electron chi connectivity index (χ3n) is 8.13. The van der Waals surface area contributed by atoms with E-state index in [0.717, 1.165) is 45.3 Å². The number of hydrogen-bond acceptors (Lipinski definition) is 5. The van der Waals surface area contributed by atoms with Crippen LogP contribution in [0.2, 0.25) is 0 Å². The number of aromatic carboxylic acids is 2. The number of benzene rings is 6. The Kier molecular flexibility index (Phi) is 5.97. The Balaban J connectivity index is 1.68. The third kappa shape index (κ3) is 3.99. The molecule has 1 heterocycles. The molecular formula is C36H21FO7. The minimum Gasteiger partial charge on any atom is -0.505 e. The highest BCUT2D eigenvalue weighted by Crippen LogP contribution is 2.45. The molecule has 2 aliphatic rings. The molecule has 7 rings (SSSR count). The van der Waals surface area contributed by atoms with Crippen molar-refractivity contribution in [1.82, 2.24) is 0 Å². The molecule has 0 saturated carbocycles. The van der Waals surface area contributed by atoms with Gasteiger partial charge in [-0.3, -0.25) is 4.79 Å². The molecule has 8 heteroatoms. The van der Waals surface area contributed by atoms with Gasteiger partial charge in [0.05, 0.1) is 11.1 Å². The Morgan fingerprint density at radius 2 is 1.32 bits per heavy atom. The molecule has 0 unspecified atom stereocenters. The molecule has 5 aromatic rings. The van der Waals surface area contributed by atoms with Crippen molar-refractivity contribution in [3.05, 3.63) is 124 Å². The van der Waals surface area contributed by atoms with Crippen molar-refractivity contribution in [2.24, 2.45) is 0 Å². The predicted octanol–water partition coefficient (Wildman–Crippen LogP) is 8.09. The zero-order chi connectivity index (χ0) is 30.9. The molecular weight excluding hydrogens is 563 g/mol. The molecule has 1 aliphatic heterocycles. The van der Waals surface area contributed by atoms with Crippen molar-refractivity contribution in [2.75, 3.05) is 0 Å². The summed E-state index contributed by atoms with van der Waals surface area (Å²) in [7, 11) is 0. The fraction of sp³-hybridized carbons (Fsp3) is 0.0278. The molecule has 0 spiro atoms. The number of aromatic hydroxyl groups is 1. The number of phenols is 1. The van der Waals surface area contributed by atoms with Crippen LogP contribution in [-0.2, 0) is 0 Å². The molecule has 3 N–H and O–H groups in total. The van der Waals surface area contributed by atoms with E-state index in [1.807, 2.05) is 55.5 Å². The summed E-state index contributed by atoms with van der Waals surface area (Å²) in [6, 6.07) is 24.1. The lowest BCUT2D eigenvalue weighted by atomic mass is 9.85. The summed E-state index contributed by atoms with van der Waals surface area (Å²) in [5, 5.41) is 33.5. The maximum absolute atomic E-state index is 14.8. The van der Waals surface area contributed by atoms with Crippen molar-refractivity contribution in [3.63, 3.8) is 0 Å². The van der Waals surface area contributed by atoms with Crippen LogP contribution in [0.15, 0.2) is 100 Å². The van der Waals surface area contributed by atoms with E-state index < -0.39 is 23.5 Å². The van der Waals surface area contributed by atoms with Crippen molar-refractivity contribution in [3.8, 4) is 39.3 Å². The summed E-state index contributed by atoms with van der Waals surface area (Å²) in [4.78, 5) is 38.0. The lowest BCUT2D eigenvalue weighted by Crippen LogP contribution is -2.08. The lowest BCUT2D eigenvalue weighted by molar-refractivity contribution is 0.0696. The first kappa shape index (κ1) is 26.9. The van der Waals surface area contributed by atoms with Gasteiger partial charge in [0.1, 0.15) is 11.3 Å². The highest BCUT2D eigenvalue weighted by atomic mass is 19.1. The highest BCUT2D eigenvalue weighted by Gasteiger charge is 2.26. The van der Waals surface area contributed by atoms with Gasteiger partial charge < -0.3 is 19.7 Å². The average molecular weight is 585 g/mol. The molecule has 0 amide bonds. The van der Waals surface area contributed by atoms with E-state index in [0.29, 0.717) is 16.7 Å². The van der Waals surface area contributed by atoms with E-state index in [1.54, 1.807) is 6.07 Å². The third-order valence-corrected chi connectivity index (χ3v) is 8.13. The fourth-order valence-corrected chi connectivity index (χ4v) is 6.12. The molecule has 1 aliphatic carbocycles. The van der Waals surface area contributed by atoms with Crippen LogP contribution in [-0.4, -0.2) is 27.3 Å². The minimum atomic E-state index is -1.40. The van der Waals surface area contributed by atoms with E-state index in [1.165, 1.54) is 18.2 Å². The number of rotatable bonds is 4. The van der Waals surface area contributed by atoms with Gasteiger partial charge in [0.2, 0.25) is 0 Å². The van der Waals surface area contributed by atoms with Gasteiger partial charge in [-0.1, -0.05) is 54.6 Å². The highest BCUT2D eigenvalue weighted by molar-refractivity contribution is 6.16. The Bertz CT molecular complexity index is 2350. The maximum Gasteiger partial charge on any atom is 0.336 e. The fourth-order valence-electron chi connectivity index (χ4n) is 6.12. The molecule has 7 nitrogen and oxygen atoms in total. The number of carboxylic acid groups (broad SMARTS) is 2. The van der Waals surface area contributed by atoms with Crippen LogP contribution in [0.4, 0.5) is 4.39 Å². The van der Waals surface area contributed by atoms with E-state index >= 15 is 0 Å². The number of carbonyl (C=O) groups is 2. The summed E-state index contributed by atoms with van der Waals surface area (Å²) in [5.41, 5.74) is 1.69. The van der Waals surface area contributed by atoms with Gasteiger partial charge in [-0.2, -0.15) is 0 Å². The number of halogens is 1. The van der Waals surface area contributed by atoms with E-state index in [9.17, 15) is 34.1 Å². The molecule has 0 aromatic heterocycles. The SMILES string of the molecule is Cc1c2ccccc2c(-c2cc3c(-c4ccc(C(=O)O)cc4C(=O)O)c4cc(F)c(O)cc4oc-3cc2=O)c2ccccc12. The van der Waals surface area contributed by atoms with E-state index in [2.05, 4.69) is 0 Å². The lowest BCUT2D eigenvalue weighted by Gasteiger charge is -2.19. The molecule has 0 fully saturated rings. The Hall–Kier alpha value is -6.02. The van der Waals surface area contributed by atoms with Gasteiger partial charge in [-0.15, -0.1) is 0 Å². The predicted molar refractivity (Wildman–Crippen MR) is 165 cm³/mol. The van der Waals surface area contributed by atoms with Crippen LogP contribution in [0.25, 0.3) is 66.1 Å². The van der Waals surface area contributed by atoms with Crippen LogP contribution in [0.3, 0.4) is 0 Å². The number of fused-ring (bicyclic) bond motifs is 4. The second-order valence-electron chi connectivity index (χ2n) is 10.6. The van der Waals surface area contributed by atoms with Gasteiger partial charge in [-0.25, -0.2) is 14.0 Å². The average Bonchev–Trinajstić information content (AvgIpc) is 3.01. The van der Waals surface area contributed by atoms with Gasteiger partial charge in [0.25, 0.3) is 0 Å². The second-order valence-corrected chi connectivity index (χ2v) is 10.6. The molecule has 0 atom stereocenters. The molecule has 5 aromatic carbocycles. The Morgan fingerprint density at radius 1 is 0.682 bits per heavy atom. The minimum absolute atomic E-state index is 0.00318. The van der Waals surface area contributed by atoms with Gasteiger partial charge in [-0.05, 0) is 63.9 Å². The van der Waals surface area contributed by atoms with E-state index in [4.69, 9.17) is 4.42 Å². The van der Waals surface area contributed by atoms with Crippen molar-refractivity contribution < 1.29 is 33.7 Å². The first-order valence-corrected chi connectivity index (χ1v) is 13.6. The zero-order valence-electron chi connectivity index (χ0n) is 23.0. The van der Waals surface area contributed by atoms with Gasteiger partial charge in [0, 0.05) is 39.8 Å². The molecule has 0 bridgehead atoms. The topological polar surface area (TPSA) is 125 Å². The van der Waals surface area contributed by atoms with Crippen LogP contribution in [0.1, 0.15) is 26.3 Å². The standard InChI is InChI=1S/C36H21FO7/c1-17-19-6-2-4-8-21(19)33(22-9-5-3-7-20(17)22)25-13-26-31(15-29(25)38)44-32-16-30(39)28(37)14-27(32)34(26)23-11-10-18(35(40)41)12-24(23)36(42)43/h2-16,39H,1H3,(H,40,41)(H,42,43). The summed E-state index contributed by atoms with van der Waals surface area (Å²) in [5.74, 6) is -4.30. The normalized spacial score (nSPS) is 11.5. The van der Waals surface area contributed by atoms with E-state index in [-0.39, 0.29) is 44.4 Å². The quantitative estimate of drug-likeness (QED) is 0.179. The van der Waals surface area contributed by atoms with Crippen molar-refractivity contribution in [1.29, 1.82) is 0 Å². The second kappa shape index (κ2) is 9.78. The van der Waals surface area contributed by atoms with Crippen LogP contribution >= 0.6 is 0 Å². The first-order valence-electron chi connectivity index (χ1n) is 13.6. The largest absolute Gasteiger partial charge is 0.505 e. The molecule has 44 heavy (non-hydrogen) atoms. The first-order chi connectivity index (χ1) is 21.1. The molecule has 0 radical (unpaired) electrons. The van der Waals surface area contributed by atoms with Crippen LogP contribution in [0.5, 0.6) is 5.75 Å². The van der Waals surface area contributed by atoms with Crippen molar-refractivity contribution >= 4 is 44.5 Å². The van der Waals surface area contributed by atoms with Crippen LogP contribution in [0, 0.1) is 12.7 Å². The summed E-state index contributed by atoms with van der Waals surface area (Å²) >= 11 is 0. The summed E-state index contributed by atoms with van der Waals surface area (Å²) < 4.78 is 20.8. The van der Waals surface area contributed by atoms with Gasteiger partial charge >= 0.3 is 11.9 Å². The van der Waals surface area contributed by atoms with Gasteiger partial charge in [0.15, 0.2) is 17.0 Å². The molecule has 0 saturated heterocycles. The summed E-state index contributed by atoms with van der Waals surface area (Å²) in [6.07, 6.45) is 0. The zero-order valence-corrected chi connectivity index (χ0v) is 23.0. The van der Waals surface area contributed by atoms with Crippen molar-refractivity contribution in [2.45, 2.75) is 6.92 Å². The smallest absolute Gasteiger partial charge is 0.336 e.